The van der Waals surface area contributed by atoms with E-state index in [9.17, 15) is 4.79 Å². The Labute approximate surface area is 169 Å². The minimum absolute atomic E-state index is 0.0758. The second-order valence-electron chi connectivity index (χ2n) is 6.54. The van der Waals surface area contributed by atoms with E-state index in [1.807, 2.05) is 0 Å². The molecule has 29 heavy (non-hydrogen) atoms. The molecule has 0 saturated carbocycles. The van der Waals surface area contributed by atoms with E-state index < -0.39 is 75.8 Å². The molecule has 1 atom stereocenters. The van der Waals surface area contributed by atoms with Crippen molar-refractivity contribution in [2.75, 3.05) is 66.1 Å². The van der Waals surface area contributed by atoms with Gasteiger partial charge in [-0.2, -0.15) is 0 Å². The van der Waals surface area contributed by atoms with Crippen molar-refractivity contribution in [2.45, 2.75) is 13.0 Å². The van der Waals surface area contributed by atoms with Gasteiger partial charge in [-0.15, -0.1) is 0 Å². The fourth-order valence-corrected chi connectivity index (χ4v) is 1.05. The van der Waals surface area contributed by atoms with Crippen LogP contribution in [0.1, 0.15) is 6.92 Å². The Morgan fingerprint density at radius 1 is 0.828 bits per heavy atom. The molecule has 0 bridgehead atoms. The van der Waals surface area contributed by atoms with E-state index in [1.54, 1.807) is 0 Å². The zero-order valence-electron chi connectivity index (χ0n) is 16.6. The monoisotopic (exact) mass is 432 g/mol. The molecule has 0 aromatic rings. The van der Waals surface area contributed by atoms with Crippen LogP contribution in [0.5, 0.6) is 0 Å². The van der Waals surface area contributed by atoms with Crippen LogP contribution in [0, 0.1) is 10.8 Å². The second kappa shape index (κ2) is 18.8. The van der Waals surface area contributed by atoms with Gasteiger partial charge in [-0.25, -0.2) is 4.79 Å². The minimum atomic E-state index is -1.11. The average Bonchev–Trinajstić information content (AvgIpc) is 2.74. The first-order chi connectivity index (χ1) is 13.5. The summed E-state index contributed by atoms with van der Waals surface area (Å²) in [6.07, 6.45) is -0.983. The van der Waals surface area contributed by atoms with Gasteiger partial charge in [0.2, 0.25) is 0 Å². The molecule has 176 valence electrons. The molecule has 0 aliphatic heterocycles. The van der Waals surface area contributed by atoms with Gasteiger partial charge in [-0.1, -0.05) is 6.58 Å². The van der Waals surface area contributed by atoms with E-state index in [4.69, 9.17) is 55.8 Å². The number of aliphatic hydroxyl groups is 9. The third kappa shape index (κ3) is 15.3. The number of hydrogen-bond donors (Lipinski definition) is 10. The molecule has 0 heterocycles. The minimum Gasteiger partial charge on any atom is -0.478 e. The van der Waals surface area contributed by atoms with Crippen LogP contribution in [-0.4, -0.2) is 129 Å². The SMILES string of the molecule is C=C(C)C(=O)O.OCC(CO)(CO)CO.OCC(O)COCC(CO)(CO)CO. The number of carbonyl (C=O) groups is 1. The van der Waals surface area contributed by atoms with E-state index in [0.717, 1.165) is 0 Å². The summed E-state index contributed by atoms with van der Waals surface area (Å²) in [5.41, 5.74) is -2.02. The summed E-state index contributed by atoms with van der Waals surface area (Å²) in [5.74, 6) is -0.935. The Hall–Kier alpha value is -1.19. The summed E-state index contributed by atoms with van der Waals surface area (Å²) in [7, 11) is 0. The van der Waals surface area contributed by atoms with Crippen molar-refractivity contribution in [3.63, 3.8) is 0 Å². The molecule has 10 N–H and O–H groups in total. The van der Waals surface area contributed by atoms with Crippen LogP contribution in [-0.2, 0) is 9.53 Å². The lowest BCUT2D eigenvalue weighted by atomic mass is 9.93. The summed E-state index contributed by atoms with van der Waals surface area (Å²) in [4.78, 5) is 9.60. The van der Waals surface area contributed by atoms with Crippen molar-refractivity contribution in [2.24, 2.45) is 10.8 Å². The summed E-state index contributed by atoms with van der Waals surface area (Å²) in [6.45, 7) is 1.17. The second-order valence-corrected chi connectivity index (χ2v) is 6.54. The van der Waals surface area contributed by atoms with Crippen LogP contribution >= 0.6 is 0 Å². The highest BCUT2D eigenvalue weighted by Crippen LogP contribution is 2.15. The zero-order chi connectivity index (χ0) is 23.5. The van der Waals surface area contributed by atoms with Gasteiger partial charge in [-0.05, 0) is 6.92 Å². The van der Waals surface area contributed by atoms with Crippen LogP contribution in [0.4, 0.5) is 0 Å². The number of hydrogen-bond acceptors (Lipinski definition) is 11. The Morgan fingerprint density at radius 2 is 1.14 bits per heavy atom. The van der Waals surface area contributed by atoms with Gasteiger partial charge < -0.3 is 55.8 Å². The molecule has 0 aromatic heterocycles. The molecule has 0 amide bonds. The van der Waals surface area contributed by atoms with Gasteiger partial charge in [0, 0.05) is 5.57 Å². The quantitative estimate of drug-likeness (QED) is 0.125. The predicted molar refractivity (Wildman–Crippen MR) is 101 cm³/mol. The highest BCUT2D eigenvalue weighted by molar-refractivity contribution is 5.84. The highest BCUT2D eigenvalue weighted by atomic mass is 16.5. The van der Waals surface area contributed by atoms with E-state index in [-0.39, 0.29) is 18.8 Å². The predicted octanol–water partition coefficient (Wildman–Crippen LogP) is -4.09. The largest absolute Gasteiger partial charge is 0.478 e. The number of carboxylic acid groups (broad SMARTS) is 1. The molecule has 0 saturated heterocycles. The van der Waals surface area contributed by atoms with Crippen LogP contribution in [0.15, 0.2) is 12.2 Å². The Bertz CT molecular complexity index is 369. The topological polar surface area (TPSA) is 229 Å². The van der Waals surface area contributed by atoms with E-state index in [1.165, 1.54) is 6.92 Å². The maximum absolute atomic E-state index is 9.60. The average molecular weight is 432 g/mol. The fourth-order valence-electron chi connectivity index (χ4n) is 1.05. The summed E-state index contributed by atoms with van der Waals surface area (Å²) < 4.78 is 4.93. The molecule has 0 spiro atoms. The molecule has 1 unspecified atom stereocenters. The molecule has 0 fully saturated rings. The number of rotatable bonds is 13. The third-order valence-corrected chi connectivity index (χ3v) is 3.64. The van der Waals surface area contributed by atoms with Gasteiger partial charge in [0.05, 0.1) is 76.9 Å². The van der Waals surface area contributed by atoms with Crippen molar-refractivity contribution in [3.05, 3.63) is 12.2 Å². The first kappa shape index (κ1) is 32.5. The van der Waals surface area contributed by atoms with Crippen molar-refractivity contribution in [3.8, 4) is 0 Å². The normalized spacial score (nSPS) is 12.2. The number of aliphatic carboxylic acids is 1. The number of aliphatic hydroxyl groups excluding tert-OH is 9. The molecular formula is C17H36O12. The molecule has 0 aliphatic rings. The smallest absolute Gasteiger partial charge is 0.330 e. The molecule has 12 nitrogen and oxygen atoms in total. The Morgan fingerprint density at radius 3 is 1.31 bits per heavy atom. The van der Waals surface area contributed by atoms with E-state index in [2.05, 4.69) is 6.58 Å². The lowest BCUT2D eigenvalue weighted by molar-refractivity contribution is -0.132. The molecule has 0 rings (SSSR count). The maximum atomic E-state index is 9.60. The van der Waals surface area contributed by atoms with Crippen molar-refractivity contribution < 1.29 is 60.6 Å². The molecule has 12 heteroatoms. The van der Waals surface area contributed by atoms with Crippen molar-refractivity contribution in [1.82, 2.24) is 0 Å². The lowest BCUT2D eigenvalue weighted by Gasteiger charge is -2.27. The standard InChI is InChI=1S/C8H18O6.C5H12O4.C4H6O2/c9-1-7(13)2-14-6-8(3-10,4-11)5-12;6-1-5(2-7,3-8)4-9;1-3(2)4(5)6/h7,9-13H,1-6H2;6-9H,1-4H2;1H2,2H3,(H,5,6). The molecule has 0 aromatic carbocycles. The van der Waals surface area contributed by atoms with Gasteiger partial charge in [0.1, 0.15) is 6.10 Å². The van der Waals surface area contributed by atoms with E-state index in [0.29, 0.717) is 0 Å². The third-order valence-electron chi connectivity index (χ3n) is 3.64. The first-order valence-corrected chi connectivity index (χ1v) is 8.54. The maximum Gasteiger partial charge on any atom is 0.330 e. The first-order valence-electron chi connectivity index (χ1n) is 8.54. The van der Waals surface area contributed by atoms with Crippen LogP contribution in [0.3, 0.4) is 0 Å². The summed E-state index contributed by atoms with van der Waals surface area (Å²) >= 11 is 0. The van der Waals surface area contributed by atoms with Crippen LogP contribution < -0.4 is 0 Å². The van der Waals surface area contributed by atoms with E-state index >= 15 is 0 Å². The number of ether oxygens (including phenoxy) is 1. The number of carboxylic acids is 1. The van der Waals surface area contributed by atoms with Gasteiger partial charge in [0.25, 0.3) is 0 Å². The van der Waals surface area contributed by atoms with Crippen molar-refractivity contribution in [1.29, 1.82) is 0 Å². The van der Waals surface area contributed by atoms with Crippen LogP contribution in [0.2, 0.25) is 0 Å². The van der Waals surface area contributed by atoms with Crippen LogP contribution in [0.25, 0.3) is 0 Å². The Kier molecular flexibility index (Phi) is 21.1. The van der Waals surface area contributed by atoms with Gasteiger partial charge >= 0.3 is 5.97 Å². The van der Waals surface area contributed by atoms with Gasteiger partial charge in [0.15, 0.2) is 0 Å². The summed E-state index contributed by atoms with van der Waals surface area (Å²) in [5, 5.41) is 85.9. The van der Waals surface area contributed by atoms with Crippen molar-refractivity contribution >= 4 is 5.97 Å². The lowest BCUT2D eigenvalue weighted by Crippen LogP contribution is -2.39. The molecule has 0 radical (unpaired) electrons. The molecular weight excluding hydrogens is 396 g/mol. The summed E-state index contributed by atoms with van der Waals surface area (Å²) in [6, 6.07) is 0. The Balaban J connectivity index is -0.000000386. The van der Waals surface area contributed by atoms with Gasteiger partial charge in [-0.3, -0.25) is 0 Å². The molecule has 0 aliphatic carbocycles. The zero-order valence-corrected chi connectivity index (χ0v) is 16.6. The highest BCUT2D eigenvalue weighted by Gasteiger charge is 2.28. The fraction of sp³-hybridized carbons (Fsp3) is 0.824.